The number of nitrogens with two attached hydrogens (primary N) is 1. The van der Waals surface area contributed by atoms with Gasteiger partial charge in [-0.2, -0.15) is 0 Å². The highest BCUT2D eigenvalue weighted by molar-refractivity contribution is 5.89. The van der Waals surface area contributed by atoms with Crippen LogP contribution in [0.4, 0.5) is 4.79 Å². The summed E-state index contributed by atoms with van der Waals surface area (Å²) < 4.78 is 5.06. The number of alkyl carbamates (subject to hydrolysis) is 1. The number of carbonyl (C=O) groups is 3. The van der Waals surface area contributed by atoms with Crippen LogP contribution in [0.3, 0.4) is 0 Å². The molecule has 0 bridgehead atoms. The molecule has 8 nitrogen and oxygen atoms in total. The number of carboxylic acids is 1. The van der Waals surface area contributed by atoms with Crippen molar-refractivity contribution in [1.29, 1.82) is 0 Å². The van der Waals surface area contributed by atoms with Crippen LogP contribution in [-0.2, 0) is 20.9 Å². The van der Waals surface area contributed by atoms with Crippen LogP contribution >= 0.6 is 0 Å². The van der Waals surface area contributed by atoms with Gasteiger partial charge in [-0.1, -0.05) is 30.3 Å². The second-order valence-electron chi connectivity index (χ2n) is 5.26. The highest BCUT2D eigenvalue weighted by Gasteiger charge is 2.24. The summed E-state index contributed by atoms with van der Waals surface area (Å²) in [7, 11) is 0. The van der Waals surface area contributed by atoms with E-state index in [0.29, 0.717) is 13.0 Å². The third-order valence-electron chi connectivity index (χ3n) is 3.25. The molecule has 132 valence electrons. The second-order valence-corrected chi connectivity index (χ2v) is 5.26. The standard InChI is InChI=1S/C16H23N3O5/c1-11(15(21)22)18-14(20)13(8-5-9-17)19-16(23)24-10-12-6-3-2-4-7-12/h2-4,6-7,11,13H,5,8-10,17H2,1H3,(H,18,20)(H,19,23)(H,21,22)/t11-,13-/m0/s1. The average molecular weight is 337 g/mol. The summed E-state index contributed by atoms with van der Waals surface area (Å²) in [6.45, 7) is 1.76. The third-order valence-corrected chi connectivity index (χ3v) is 3.25. The molecule has 8 heteroatoms. The molecule has 0 saturated heterocycles. The molecule has 5 N–H and O–H groups in total. The molecule has 0 unspecified atom stereocenters. The average Bonchev–Trinajstić information content (AvgIpc) is 2.57. The molecule has 24 heavy (non-hydrogen) atoms. The number of aliphatic carboxylic acids is 1. The van der Waals surface area contributed by atoms with Gasteiger partial charge in [-0.15, -0.1) is 0 Å². The van der Waals surface area contributed by atoms with Crippen molar-refractivity contribution in [3.05, 3.63) is 35.9 Å². The summed E-state index contributed by atoms with van der Waals surface area (Å²) in [6, 6.07) is 7.14. The summed E-state index contributed by atoms with van der Waals surface area (Å²) >= 11 is 0. The van der Waals surface area contributed by atoms with Gasteiger partial charge in [0.2, 0.25) is 5.91 Å². The number of rotatable bonds is 9. The van der Waals surface area contributed by atoms with Gasteiger partial charge in [0.1, 0.15) is 18.7 Å². The van der Waals surface area contributed by atoms with Crippen LogP contribution in [0.25, 0.3) is 0 Å². The Hall–Kier alpha value is -2.61. The van der Waals surface area contributed by atoms with Crippen LogP contribution in [0.2, 0.25) is 0 Å². The van der Waals surface area contributed by atoms with E-state index < -0.39 is 30.1 Å². The normalized spacial score (nSPS) is 12.8. The smallest absolute Gasteiger partial charge is 0.408 e. The minimum Gasteiger partial charge on any atom is -0.480 e. The maximum absolute atomic E-state index is 12.1. The van der Waals surface area contributed by atoms with Gasteiger partial charge in [-0.05, 0) is 31.9 Å². The van der Waals surface area contributed by atoms with Crippen LogP contribution in [0.1, 0.15) is 25.3 Å². The van der Waals surface area contributed by atoms with Crippen molar-refractivity contribution in [3.63, 3.8) is 0 Å². The predicted molar refractivity (Wildman–Crippen MR) is 87.1 cm³/mol. The number of nitrogens with one attached hydrogen (secondary N) is 2. The maximum Gasteiger partial charge on any atom is 0.408 e. The van der Waals surface area contributed by atoms with Crippen molar-refractivity contribution in [2.45, 2.75) is 38.5 Å². The Morgan fingerprint density at radius 3 is 2.46 bits per heavy atom. The van der Waals surface area contributed by atoms with Gasteiger partial charge in [0.05, 0.1) is 0 Å². The molecule has 0 radical (unpaired) electrons. The number of carboxylic acid groups (broad SMARTS) is 1. The van der Waals surface area contributed by atoms with E-state index in [1.54, 1.807) is 12.1 Å². The summed E-state index contributed by atoms with van der Waals surface area (Å²) in [5.74, 6) is -1.75. The lowest BCUT2D eigenvalue weighted by Gasteiger charge is -2.19. The Bertz CT molecular complexity index is 550. The van der Waals surface area contributed by atoms with E-state index in [9.17, 15) is 14.4 Å². The molecule has 0 heterocycles. The van der Waals surface area contributed by atoms with Crippen LogP contribution in [0, 0.1) is 0 Å². The van der Waals surface area contributed by atoms with Gasteiger partial charge in [0, 0.05) is 0 Å². The van der Waals surface area contributed by atoms with Crippen molar-refractivity contribution in [2.75, 3.05) is 6.54 Å². The summed E-state index contributed by atoms with van der Waals surface area (Å²) in [5, 5.41) is 13.6. The number of hydrogen-bond acceptors (Lipinski definition) is 5. The fourth-order valence-corrected chi connectivity index (χ4v) is 1.87. The fourth-order valence-electron chi connectivity index (χ4n) is 1.87. The molecule has 0 aliphatic heterocycles. The third kappa shape index (κ3) is 7.10. The molecule has 2 amide bonds. The number of ether oxygens (including phenoxy) is 1. The van der Waals surface area contributed by atoms with Crippen LogP contribution in [0.15, 0.2) is 30.3 Å². The van der Waals surface area contributed by atoms with E-state index in [0.717, 1.165) is 5.56 Å². The van der Waals surface area contributed by atoms with E-state index in [1.165, 1.54) is 6.92 Å². The molecule has 2 atom stereocenters. The van der Waals surface area contributed by atoms with E-state index in [-0.39, 0.29) is 13.0 Å². The predicted octanol–water partition coefficient (Wildman–Crippen LogP) is 0.610. The van der Waals surface area contributed by atoms with Gasteiger partial charge in [0.25, 0.3) is 0 Å². The summed E-state index contributed by atoms with van der Waals surface area (Å²) in [5.41, 5.74) is 6.24. The van der Waals surface area contributed by atoms with E-state index in [2.05, 4.69) is 10.6 Å². The van der Waals surface area contributed by atoms with Gasteiger partial charge < -0.3 is 26.2 Å². The van der Waals surface area contributed by atoms with E-state index in [1.807, 2.05) is 18.2 Å². The molecule has 0 saturated carbocycles. The highest BCUT2D eigenvalue weighted by atomic mass is 16.5. The lowest BCUT2D eigenvalue weighted by Crippen LogP contribution is -2.51. The van der Waals surface area contributed by atoms with Crippen molar-refractivity contribution >= 4 is 18.0 Å². The molecule has 0 aliphatic rings. The Kier molecular flexibility index (Phi) is 8.28. The van der Waals surface area contributed by atoms with Gasteiger partial charge in [-0.3, -0.25) is 9.59 Å². The molecule has 1 rings (SSSR count). The summed E-state index contributed by atoms with van der Waals surface area (Å²) in [4.78, 5) is 34.7. The SMILES string of the molecule is C[C@H](NC(=O)[C@H](CCCN)NC(=O)OCc1ccccc1)C(=O)O. The van der Waals surface area contributed by atoms with Crippen LogP contribution in [-0.4, -0.2) is 41.7 Å². The van der Waals surface area contributed by atoms with Crippen molar-refractivity contribution in [1.82, 2.24) is 10.6 Å². The molecule has 0 fully saturated rings. The van der Waals surface area contributed by atoms with Crippen molar-refractivity contribution in [2.24, 2.45) is 5.73 Å². The zero-order valence-corrected chi connectivity index (χ0v) is 13.5. The van der Waals surface area contributed by atoms with Crippen molar-refractivity contribution in [3.8, 4) is 0 Å². The first kappa shape index (κ1) is 19.4. The number of benzene rings is 1. The van der Waals surface area contributed by atoms with Crippen LogP contribution in [0.5, 0.6) is 0 Å². The van der Waals surface area contributed by atoms with Crippen LogP contribution < -0.4 is 16.4 Å². The topological polar surface area (TPSA) is 131 Å². The van der Waals surface area contributed by atoms with E-state index in [4.69, 9.17) is 15.6 Å². The lowest BCUT2D eigenvalue weighted by molar-refractivity contribution is -0.141. The Labute approximate surface area is 140 Å². The minimum atomic E-state index is -1.16. The quantitative estimate of drug-likeness (QED) is 0.522. The lowest BCUT2D eigenvalue weighted by atomic mass is 10.1. The Morgan fingerprint density at radius 1 is 1.21 bits per heavy atom. The number of carbonyl (C=O) groups excluding carboxylic acids is 2. The Balaban J connectivity index is 2.55. The number of hydrogen-bond donors (Lipinski definition) is 4. The largest absolute Gasteiger partial charge is 0.480 e. The fraction of sp³-hybridized carbons (Fsp3) is 0.438. The van der Waals surface area contributed by atoms with Gasteiger partial charge >= 0.3 is 12.1 Å². The molecule has 0 aromatic heterocycles. The number of amides is 2. The second kappa shape index (κ2) is 10.2. The highest BCUT2D eigenvalue weighted by Crippen LogP contribution is 2.03. The maximum atomic E-state index is 12.1. The molecule has 1 aromatic carbocycles. The van der Waals surface area contributed by atoms with Gasteiger partial charge in [0.15, 0.2) is 0 Å². The zero-order valence-electron chi connectivity index (χ0n) is 13.5. The first-order valence-corrected chi connectivity index (χ1v) is 7.64. The molecule has 0 aliphatic carbocycles. The molecular weight excluding hydrogens is 314 g/mol. The molecular formula is C16H23N3O5. The minimum absolute atomic E-state index is 0.0728. The zero-order chi connectivity index (χ0) is 17.9. The molecule has 1 aromatic rings. The first-order valence-electron chi connectivity index (χ1n) is 7.64. The summed E-state index contributed by atoms with van der Waals surface area (Å²) in [6.07, 6.45) is 0.0344. The van der Waals surface area contributed by atoms with Crippen molar-refractivity contribution < 1.29 is 24.2 Å². The first-order chi connectivity index (χ1) is 11.4. The Morgan fingerprint density at radius 2 is 1.88 bits per heavy atom. The monoisotopic (exact) mass is 337 g/mol. The van der Waals surface area contributed by atoms with Gasteiger partial charge in [-0.25, -0.2) is 4.79 Å². The molecule has 0 spiro atoms. The van der Waals surface area contributed by atoms with E-state index >= 15 is 0 Å².